The van der Waals surface area contributed by atoms with Gasteiger partial charge in [0.1, 0.15) is 17.8 Å². The number of aromatic nitrogens is 2. The number of amides is 1. The first kappa shape index (κ1) is 16.9. The van der Waals surface area contributed by atoms with Crippen molar-refractivity contribution >= 4 is 17.7 Å². The minimum Gasteiger partial charge on any atom is -0.444 e. The van der Waals surface area contributed by atoms with Crippen molar-refractivity contribution in [3.8, 4) is 0 Å². The molecule has 7 N–H and O–H groups in total. The Hall–Kier alpha value is -2.13. The first-order chi connectivity index (χ1) is 9.60. The Morgan fingerprint density at radius 3 is 2.52 bits per heavy atom. The van der Waals surface area contributed by atoms with E-state index >= 15 is 0 Å². The quantitative estimate of drug-likeness (QED) is 0.500. The normalized spacial score (nSPS) is 14.3. The van der Waals surface area contributed by atoms with Gasteiger partial charge in [-0.05, 0) is 20.8 Å². The van der Waals surface area contributed by atoms with E-state index in [9.17, 15) is 15.0 Å². The van der Waals surface area contributed by atoms with Crippen LogP contribution in [-0.4, -0.2) is 44.5 Å². The molecule has 0 bridgehead atoms. The number of anilines is 2. The predicted molar refractivity (Wildman–Crippen MR) is 76.1 cm³/mol. The largest absolute Gasteiger partial charge is 0.444 e. The second-order valence-electron chi connectivity index (χ2n) is 5.46. The van der Waals surface area contributed by atoms with Gasteiger partial charge < -0.3 is 31.7 Å². The van der Waals surface area contributed by atoms with Crippen molar-refractivity contribution in [3.05, 3.63) is 11.9 Å². The topological polar surface area (TPSA) is 157 Å². The highest BCUT2D eigenvalue weighted by atomic mass is 16.6. The molecule has 0 aliphatic rings. The van der Waals surface area contributed by atoms with Gasteiger partial charge in [0.15, 0.2) is 11.6 Å². The summed E-state index contributed by atoms with van der Waals surface area (Å²) in [5.74, 6) is -0.00817. The number of alkyl carbamates (subject to hydrolysis) is 1. The first-order valence-electron chi connectivity index (χ1n) is 6.31. The molecule has 2 atom stereocenters. The maximum atomic E-state index is 11.4. The lowest BCUT2D eigenvalue weighted by Crippen LogP contribution is -2.39. The fourth-order valence-electron chi connectivity index (χ4n) is 1.38. The molecule has 118 valence electrons. The van der Waals surface area contributed by atoms with Crippen LogP contribution in [0.15, 0.2) is 6.20 Å². The highest BCUT2D eigenvalue weighted by Crippen LogP contribution is 2.17. The summed E-state index contributed by atoms with van der Waals surface area (Å²) in [6.45, 7) is 4.92. The Kier molecular flexibility index (Phi) is 5.28. The Morgan fingerprint density at radius 2 is 2.00 bits per heavy atom. The number of nitrogen functional groups attached to an aromatic ring is 2. The number of nitrogens with zero attached hydrogens (tertiary/aromatic N) is 2. The number of rotatable bonds is 4. The van der Waals surface area contributed by atoms with Gasteiger partial charge in [-0.1, -0.05) is 0 Å². The van der Waals surface area contributed by atoms with Crippen LogP contribution >= 0.6 is 0 Å². The van der Waals surface area contributed by atoms with Crippen LogP contribution in [0.4, 0.5) is 16.4 Å². The van der Waals surface area contributed by atoms with E-state index in [4.69, 9.17) is 16.2 Å². The Balaban J connectivity index is 2.56. The first-order valence-corrected chi connectivity index (χ1v) is 6.31. The van der Waals surface area contributed by atoms with Gasteiger partial charge >= 0.3 is 6.09 Å². The lowest BCUT2D eigenvalue weighted by Gasteiger charge is -2.22. The standard InChI is InChI=1S/C12H21N5O4/c1-12(2,3)21-11(20)16-5-7(18)8(19)6-4-15-9(13)10(14)17-6/h4,7-8,18-19H,5H2,1-3H3,(H2,13,15)(H2,14,17)(H,16,20). The molecule has 0 fully saturated rings. The van der Waals surface area contributed by atoms with Gasteiger partial charge in [-0.25, -0.2) is 14.8 Å². The van der Waals surface area contributed by atoms with Crippen LogP contribution in [-0.2, 0) is 4.74 Å². The smallest absolute Gasteiger partial charge is 0.407 e. The molecule has 9 nitrogen and oxygen atoms in total. The number of hydrogen-bond donors (Lipinski definition) is 5. The lowest BCUT2D eigenvalue weighted by molar-refractivity contribution is 0.0108. The van der Waals surface area contributed by atoms with Gasteiger partial charge in [0.25, 0.3) is 0 Å². The minimum atomic E-state index is -1.37. The monoisotopic (exact) mass is 299 g/mol. The average molecular weight is 299 g/mol. The van der Waals surface area contributed by atoms with Crippen LogP contribution in [0.5, 0.6) is 0 Å². The summed E-state index contributed by atoms with van der Waals surface area (Å²) in [6.07, 6.45) is -2.16. The molecule has 1 heterocycles. The maximum absolute atomic E-state index is 11.4. The van der Waals surface area contributed by atoms with E-state index in [2.05, 4.69) is 15.3 Å². The van der Waals surface area contributed by atoms with Crippen molar-refractivity contribution < 1.29 is 19.7 Å². The third-order valence-corrected chi connectivity index (χ3v) is 2.37. The molecular formula is C12H21N5O4. The predicted octanol–water partition coefficient (Wildman–Crippen LogP) is -0.440. The third kappa shape index (κ3) is 5.40. The number of nitrogens with two attached hydrogens (primary N) is 2. The number of carbonyl (C=O) groups is 1. The number of aliphatic hydroxyl groups is 2. The van der Waals surface area contributed by atoms with Crippen LogP contribution in [0.3, 0.4) is 0 Å². The maximum Gasteiger partial charge on any atom is 0.407 e. The van der Waals surface area contributed by atoms with E-state index in [1.807, 2.05) is 0 Å². The van der Waals surface area contributed by atoms with Crippen molar-refractivity contribution in [2.75, 3.05) is 18.0 Å². The van der Waals surface area contributed by atoms with Gasteiger partial charge in [-0.2, -0.15) is 0 Å². The molecule has 0 aliphatic heterocycles. The van der Waals surface area contributed by atoms with E-state index in [1.54, 1.807) is 20.8 Å². The third-order valence-electron chi connectivity index (χ3n) is 2.37. The minimum absolute atomic E-state index is 0.0346. The molecule has 0 aromatic carbocycles. The van der Waals surface area contributed by atoms with Crippen molar-refractivity contribution in [2.45, 2.75) is 38.6 Å². The molecule has 1 rings (SSSR count). The van der Waals surface area contributed by atoms with Crippen LogP contribution in [0.2, 0.25) is 0 Å². The molecule has 0 spiro atoms. The van der Waals surface area contributed by atoms with Gasteiger partial charge in [0, 0.05) is 6.54 Å². The van der Waals surface area contributed by atoms with Gasteiger partial charge in [0.05, 0.1) is 11.9 Å². The van der Waals surface area contributed by atoms with E-state index in [1.165, 1.54) is 6.20 Å². The van der Waals surface area contributed by atoms with Crippen molar-refractivity contribution in [2.24, 2.45) is 0 Å². The van der Waals surface area contributed by atoms with Gasteiger partial charge in [-0.3, -0.25) is 0 Å². The van der Waals surface area contributed by atoms with Crippen LogP contribution < -0.4 is 16.8 Å². The zero-order chi connectivity index (χ0) is 16.2. The second-order valence-corrected chi connectivity index (χ2v) is 5.46. The Bertz CT molecular complexity index is 503. The molecule has 1 amide bonds. The summed E-state index contributed by atoms with van der Waals surface area (Å²) >= 11 is 0. The van der Waals surface area contributed by atoms with Crippen LogP contribution in [0.25, 0.3) is 0 Å². The number of nitrogens with one attached hydrogen (secondary N) is 1. The summed E-state index contributed by atoms with van der Waals surface area (Å²) in [5, 5.41) is 22.1. The van der Waals surface area contributed by atoms with Crippen LogP contribution in [0, 0.1) is 0 Å². The van der Waals surface area contributed by atoms with Crippen LogP contribution in [0.1, 0.15) is 32.6 Å². The highest BCUT2D eigenvalue weighted by Gasteiger charge is 2.23. The summed E-state index contributed by atoms with van der Waals surface area (Å²) < 4.78 is 5.00. The van der Waals surface area contributed by atoms with E-state index in [0.717, 1.165) is 0 Å². The number of hydrogen-bond acceptors (Lipinski definition) is 8. The highest BCUT2D eigenvalue weighted by molar-refractivity contribution is 5.67. The molecule has 2 unspecified atom stereocenters. The fraction of sp³-hybridized carbons (Fsp3) is 0.583. The Labute approximate surface area is 122 Å². The number of aliphatic hydroxyl groups excluding tert-OH is 2. The fourth-order valence-corrected chi connectivity index (χ4v) is 1.38. The average Bonchev–Trinajstić information content (AvgIpc) is 2.36. The van der Waals surface area contributed by atoms with Gasteiger partial charge in [0.2, 0.25) is 0 Å². The second kappa shape index (κ2) is 6.55. The molecular weight excluding hydrogens is 278 g/mol. The molecule has 0 aliphatic carbocycles. The SMILES string of the molecule is CC(C)(C)OC(=O)NCC(O)C(O)c1cnc(N)c(N)n1. The molecule has 1 aromatic heterocycles. The summed E-state index contributed by atoms with van der Waals surface area (Å²) in [7, 11) is 0. The molecule has 0 radical (unpaired) electrons. The molecule has 0 saturated carbocycles. The van der Waals surface area contributed by atoms with E-state index < -0.39 is 23.9 Å². The van der Waals surface area contributed by atoms with Crippen molar-refractivity contribution in [1.29, 1.82) is 0 Å². The van der Waals surface area contributed by atoms with Crippen molar-refractivity contribution in [1.82, 2.24) is 15.3 Å². The van der Waals surface area contributed by atoms with Gasteiger partial charge in [-0.15, -0.1) is 0 Å². The van der Waals surface area contributed by atoms with E-state index in [0.29, 0.717) is 0 Å². The summed E-state index contributed by atoms with van der Waals surface area (Å²) in [5.41, 5.74) is 10.3. The molecule has 9 heteroatoms. The Morgan fingerprint density at radius 1 is 1.38 bits per heavy atom. The molecule has 1 aromatic rings. The number of ether oxygens (including phenoxy) is 1. The summed E-state index contributed by atoms with van der Waals surface area (Å²) in [6, 6.07) is 0. The molecule has 0 saturated heterocycles. The molecule has 21 heavy (non-hydrogen) atoms. The zero-order valence-electron chi connectivity index (χ0n) is 12.2. The number of carbonyl (C=O) groups excluding carboxylic acids is 1. The zero-order valence-corrected chi connectivity index (χ0v) is 12.2. The lowest BCUT2D eigenvalue weighted by atomic mass is 10.1. The summed E-state index contributed by atoms with van der Waals surface area (Å²) in [4.78, 5) is 19.0. The van der Waals surface area contributed by atoms with Crippen molar-refractivity contribution in [3.63, 3.8) is 0 Å². The van der Waals surface area contributed by atoms with E-state index in [-0.39, 0.29) is 23.9 Å².